The number of pyridine rings is 1. The van der Waals surface area contributed by atoms with E-state index in [2.05, 4.69) is 10.3 Å². The average molecular weight is 247 g/mol. The van der Waals surface area contributed by atoms with Gasteiger partial charge in [0.1, 0.15) is 0 Å². The topological polar surface area (TPSA) is 50.9 Å². The lowest BCUT2D eigenvalue weighted by molar-refractivity contribution is 0.579. The number of unbranched alkanes of at least 4 members (excludes halogenated alkanes) is 1. The van der Waals surface area contributed by atoms with Crippen LogP contribution in [-0.2, 0) is 0 Å². The second-order valence-corrected chi connectivity index (χ2v) is 4.30. The molecule has 0 saturated heterocycles. The predicted octanol–water partition coefficient (Wildman–Crippen LogP) is 2.50. The largest absolute Gasteiger partial charge is 0.381 e. The highest BCUT2D eigenvalue weighted by atomic mass is 32.2. The van der Waals surface area contributed by atoms with Crippen molar-refractivity contribution in [2.45, 2.75) is 12.8 Å². The highest BCUT2D eigenvalue weighted by Crippen LogP contribution is 2.16. The fraction of sp³-hybridized carbons (Fsp3) is 0.500. The number of rotatable bonds is 6. The molecule has 1 heterocycles. The van der Waals surface area contributed by atoms with Gasteiger partial charge in [-0.25, -0.2) is 13.8 Å². The number of aromatic nitrogens is 1. The van der Waals surface area contributed by atoms with Crippen LogP contribution < -0.4 is 11.1 Å². The van der Waals surface area contributed by atoms with E-state index in [1.807, 2.05) is 6.26 Å². The van der Waals surface area contributed by atoms with Crippen molar-refractivity contribution in [3.63, 3.8) is 0 Å². The number of hydrogen-bond donors (Lipinski definition) is 2. The zero-order valence-corrected chi connectivity index (χ0v) is 9.91. The van der Waals surface area contributed by atoms with Gasteiger partial charge in [0, 0.05) is 12.6 Å². The number of anilines is 2. The third kappa shape index (κ3) is 3.84. The quantitative estimate of drug-likeness (QED) is 0.758. The van der Waals surface area contributed by atoms with Gasteiger partial charge >= 0.3 is 0 Å². The fourth-order valence-electron chi connectivity index (χ4n) is 1.18. The second-order valence-electron chi connectivity index (χ2n) is 3.31. The molecule has 90 valence electrons. The highest BCUT2D eigenvalue weighted by molar-refractivity contribution is 7.98. The summed E-state index contributed by atoms with van der Waals surface area (Å²) < 4.78 is 26.0. The number of thioether (sulfide) groups is 1. The van der Waals surface area contributed by atoms with Crippen LogP contribution in [0, 0.1) is 11.6 Å². The van der Waals surface area contributed by atoms with E-state index in [4.69, 9.17) is 5.73 Å². The molecule has 1 aromatic rings. The first-order valence-electron chi connectivity index (χ1n) is 4.99. The Morgan fingerprint density at radius 3 is 2.81 bits per heavy atom. The van der Waals surface area contributed by atoms with Crippen LogP contribution in [-0.4, -0.2) is 23.5 Å². The van der Waals surface area contributed by atoms with Crippen molar-refractivity contribution in [3.8, 4) is 0 Å². The minimum absolute atomic E-state index is 0.0167. The molecule has 0 bridgehead atoms. The predicted molar refractivity (Wildman–Crippen MR) is 64.7 cm³/mol. The van der Waals surface area contributed by atoms with Gasteiger partial charge in [-0.05, 0) is 24.9 Å². The third-order valence-electron chi connectivity index (χ3n) is 2.02. The summed E-state index contributed by atoms with van der Waals surface area (Å²) >= 11 is 1.77. The van der Waals surface area contributed by atoms with Gasteiger partial charge in [0.25, 0.3) is 0 Å². The van der Waals surface area contributed by atoms with Crippen LogP contribution in [0.1, 0.15) is 12.8 Å². The lowest BCUT2D eigenvalue weighted by Gasteiger charge is -2.07. The number of nitrogens with two attached hydrogens (primary N) is 1. The lowest BCUT2D eigenvalue weighted by atomic mass is 10.3. The molecule has 0 unspecified atom stereocenters. The molecule has 0 aliphatic rings. The van der Waals surface area contributed by atoms with E-state index in [0.29, 0.717) is 6.54 Å². The molecule has 0 fully saturated rings. The smallest absolute Gasteiger partial charge is 0.168 e. The average Bonchev–Trinajstić information content (AvgIpc) is 2.25. The number of halogens is 2. The van der Waals surface area contributed by atoms with Crippen molar-refractivity contribution in [1.82, 2.24) is 4.98 Å². The van der Waals surface area contributed by atoms with Crippen molar-refractivity contribution in [1.29, 1.82) is 0 Å². The Morgan fingerprint density at radius 1 is 1.38 bits per heavy atom. The highest BCUT2D eigenvalue weighted by Gasteiger charge is 2.08. The monoisotopic (exact) mass is 247 g/mol. The van der Waals surface area contributed by atoms with Gasteiger partial charge in [-0.3, -0.25) is 0 Å². The normalized spacial score (nSPS) is 10.4. The van der Waals surface area contributed by atoms with E-state index < -0.39 is 11.6 Å². The number of nitrogen functional groups attached to an aromatic ring is 1. The summed E-state index contributed by atoms with van der Waals surface area (Å²) in [7, 11) is 0. The van der Waals surface area contributed by atoms with Crippen LogP contribution in [0.25, 0.3) is 0 Å². The van der Waals surface area contributed by atoms with E-state index in [1.54, 1.807) is 11.8 Å². The van der Waals surface area contributed by atoms with Gasteiger partial charge in [-0.1, -0.05) is 0 Å². The molecule has 3 nitrogen and oxygen atoms in total. The standard InChI is InChI=1S/C10H15F2N3S/c1-16-5-3-2-4-14-10-8(12)6-7(11)9(13)15-10/h6H,2-5H2,1H3,(H3,13,14,15). The molecule has 0 aliphatic carbocycles. The van der Waals surface area contributed by atoms with Crippen molar-refractivity contribution in [2.24, 2.45) is 0 Å². The zero-order chi connectivity index (χ0) is 12.0. The maximum Gasteiger partial charge on any atom is 0.168 e. The van der Waals surface area contributed by atoms with Crippen molar-refractivity contribution >= 4 is 23.4 Å². The van der Waals surface area contributed by atoms with Crippen molar-refractivity contribution in [2.75, 3.05) is 29.6 Å². The zero-order valence-electron chi connectivity index (χ0n) is 9.09. The Balaban J connectivity index is 2.45. The Morgan fingerprint density at radius 2 is 2.12 bits per heavy atom. The first-order valence-corrected chi connectivity index (χ1v) is 6.39. The van der Waals surface area contributed by atoms with E-state index in [1.165, 1.54) is 0 Å². The molecule has 0 radical (unpaired) electrons. The molecule has 1 rings (SSSR count). The molecule has 0 aromatic carbocycles. The van der Waals surface area contributed by atoms with E-state index in [9.17, 15) is 8.78 Å². The van der Waals surface area contributed by atoms with Gasteiger partial charge in [-0.2, -0.15) is 11.8 Å². The lowest BCUT2D eigenvalue weighted by Crippen LogP contribution is -2.08. The first-order chi connectivity index (χ1) is 7.65. The fourth-order valence-corrected chi connectivity index (χ4v) is 1.68. The van der Waals surface area contributed by atoms with Crippen LogP contribution >= 0.6 is 11.8 Å². The Labute approximate surface area is 97.8 Å². The Hall–Kier alpha value is -1.04. The minimum Gasteiger partial charge on any atom is -0.381 e. The third-order valence-corrected chi connectivity index (χ3v) is 2.72. The van der Waals surface area contributed by atoms with Gasteiger partial charge < -0.3 is 11.1 Å². The Kier molecular flexibility index (Phi) is 5.31. The maximum absolute atomic E-state index is 13.2. The SMILES string of the molecule is CSCCCCNc1nc(N)c(F)cc1F. The maximum atomic E-state index is 13.2. The van der Waals surface area contributed by atoms with Crippen LogP contribution in [0.5, 0.6) is 0 Å². The minimum atomic E-state index is -0.828. The van der Waals surface area contributed by atoms with Crippen LogP contribution in [0.4, 0.5) is 20.4 Å². The van der Waals surface area contributed by atoms with Gasteiger partial charge in [0.2, 0.25) is 0 Å². The molecular weight excluding hydrogens is 232 g/mol. The van der Waals surface area contributed by atoms with Gasteiger partial charge in [0.05, 0.1) is 0 Å². The molecule has 16 heavy (non-hydrogen) atoms. The molecule has 0 spiro atoms. The van der Waals surface area contributed by atoms with Gasteiger partial charge in [-0.15, -0.1) is 0 Å². The summed E-state index contributed by atoms with van der Waals surface area (Å²) in [5.41, 5.74) is 5.25. The molecule has 0 aliphatic heterocycles. The van der Waals surface area contributed by atoms with Crippen LogP contribution in [0.15, 0.2) is 6.07 Å². The summed E-state index contributed by atoms with van der Waals surface area (Å²) in [5, 5.41) is 2.80. The van der Waals surface area contributed by atoms with Crippen LogP contribution in [0.3, 0.4) is 0 Å². The second kappa shape index (κ2) is 6.52. The first kappa shape index (κ1) is 13.0. The molecule has 0 atom stereocenters. The summed E-state index contributed by atoms with van der Waals surface area (Å²) in [6, 6.07) is 0.743. The number of nitrogens with one attached hydrogen (secondary N) is 1. The Bertz CT molecular complexity index is 347. The molecule has 3 N–H and O–H groups in total. The number of nitrogens with zero attached hydrogens (tertiary/aromatic N) is 1. The summed E-state index contributed by atoms with van der Waals surface area (Å²) in [6.07, 6.45) is 4.00. The molecule has 1 aromatic heterocycles. The molecular formula is C10H15F2N3S. The summed E-state index contributed by atoms with van der Waals surface area (Å²) in [5.74, 6) is -0.735. The van der Waals surface area contributed by atoms with Crippen molar-refractivity contribution < 1.29 is 8.78 Å². The van der Waals surface area contributed by atoms with E-state index in [-0.39, 0.29) is 11.6 Å². The van der Waals surface area contributed by atoms with E-state index in [0.717, 1.165) is 24.7 Å². The molecule has 0 amide bonds. The van der Waals surface area contributed by atoms with Gasteiger partial charge in [0.15, 0.2) is 23.3 Å². The van der Waals surface area contributed by atoms with Crippen LogP contribution in [0.2, 0.25) is 0 Å². The van der Waals surface area contributed by atoms with E-state index >= 15 is 0 Å². The molecule has 6 heteroatoms. The number of hydrogen-bond acceptors (Lipinski definition) is 4. The summed E-state index contributed by atoms with van der Waals surface area (Å²) in [6.45, 7) is 0.607. The molecule has 0 saturated carbocycles. The summed E-state index contributed by atoms with van der Waals surface area (Å²) in [4.78, 5) is 3.60. The van der Waals surface area contributed by atoms with Crippen molar-refractivity contribution in [3.05, 3.63) is 17.7 Å².